The second kappa shape index (κ2) is 6.22. The molecular formula is C19H20N6O2. The van der Waals surface area contributed by atoms with E-state index in [4.69, 9.17) is 9.84 Å². The van der Waals surface area contributed by atoms with Gasteiger partial charge >= 0.3 is 5.69 Å². The summed E-state index contributed by atoms with van der Waals surface area (Å²) in [7, 11) is 1.66. The predicted molar refractivity (Wildman–Crippen MR) is 99.5 cm³/mol. The molecule has 1 N–H and O–H groups in total. The minimum absolute atomic E-state index is 0.325. The molecule has 3 heterocycles. The van der Waals surface area contributed by atoms with Gasteiger partial charge in [-0.05, 0) is 37.8 Å². The van der Waals surface area contributed by atoms with Gasteiger partial charge in [0.15, 0.2) is 5.75 Å². The quantitative estimate of drug-likeness (QED) is 0.723. The monoisotopic (exact) mass is 364 g/mol. The molecule has 8 nitrogen and oxygen atoms in total. The molecule has 0 unspecified atom stereocenters. The molecule has 0 spiro atoms. The Morgan fingerprint density at radius 3 is 2.78 bits per heavy atom. The minimum atomic E-state index is -0.325. The maximum Gasteiger partial charge on any atom is 0.349 e. The van der Waals surface area contributed by atoms with Gasteiger partial charge in [-0.2, -0.15) is 10.1 Å². The Hall–Kier alpha value is -3.16. The lowest BCUT2D eigenvalue weighted by atomic mass is 10.3. The number of anilines is 2. The van der Waals surface area contributed by atoms with Crippen LogP contribution in [0.3, 0.4) is 0 Å². The van der Waals surface area contributed by atoms with Crippen LogP contribution in [0.15, 0.2) is 41.6 Å². The van der Waals surface area contributed by atoms with Crippen molar-refractivity contribution in [1.82, 2.24) is 24.3 Å². The lowest BCUT2D eigenvalue weighted by Gasteiger charge is -2.08. The highest BCUT2D eigenvalue weighted by Crippen LogP contribution is 2.46. The maximum atomic E-state index is 11.7. The van der Waals surface area contributed by atoms with Crippen LogP contribution in [0.1, 0.15) is 43.3 Å². The van der Waals surface area contributed by atoms with Crippen molar-refractivity contribution < 1.29 is 4.74 Å². The van der Waals surface area contributed by atoms with Crippen molar-refractivity contribution in [3.8, 4) is 11.5 Å². The molecule has 3 aromatic heterocycles. The highest BCUT2D eigenvalue weighted by atomic mass is 16.5. The summed E-state index contributed by atoms with van der Waals surface area (Å²) in [6, 6.07) is 5.86. The summed E-state index contributed by atoms with van der Waals surface area (Å²) in [4.78, 5) is 19.9. The van der Waals surface area contributed by atoms with Gasteiger partial charge in [-0.25, -0.2) is 9.78 Å². The first-order valence-corrected chi connectivity index (χ1v) is 9.19. The molecule has 0 amide bonds. The van der Waals surface area contributed by atoms with E-state index in [1.165, 1.54) is 30.3 Å². The highest BCUT2D eigenvalue weighted by molar-refractivity contribution is 5.53. The van der Waals surface area contributed by atoms with Crippen LogP contribution in [-0.4, -0.2) is 24.3 Å². The zero-order valence-electron chi connectivity index (χ0n) is 15.0. The number of rotatable bonds is 6. The number of hydrogen-bond acceptors (Lipinski definition) is 6. The van der Waals surface area contributed by atoms with E-state index in [9.17, 15) is 4.79 Å². The third-order valence-electron chi connectivity index (χ3n) is 4.80. The van der Waals surface area contributed by atoms with Crippen molar-refractivity contribution in [1.29, 1.82) is 0 Å². The molecule has 0 atom stereocenters. The lowest BCUT2D eigenvalue weighted by molar-refractivity contribution is 0.475. The van der Waals surface area contributed by atoms with Crippen LogP contribution in [0.4, 0.5) is 11.6 Å². The molecule has 5 rings (SSSR count). The van der Waals surface area contributed by atoms with Crippen LogP contribution in [0.25, 0.3) is 0 Å². The highest BCUT2D eigenvalue weighted by Gasteiger charge is 2.33. The molecule has 138 valence electrons. The SMILES string of the molecule is Cn1ccc(Nc2cc(Oc3cn(C4CC4)nc3C3CC3)ccn2)nc1=O. The molecule has 0 radical (unpaired) electrons. The molecule has 8 heteroatoms. The van der Waals surface area contributed by atoms with E-state index in [0.717, 1.165) is 11.4 Å². The van der Waals surface area contributed by atoms with Gasteiger partial charge in [-0.15, -0.1) is 0 Å². The molecule has 2 aliphatic carbocycles. The molecule has 0 saturated heterocycles. The Morgan fingerprint density at radius 1 is 1.19 bits per heavy atom. The number of pyridine rings is 1. The summed E-state index contributed by atoms with van der Waals surface area (Å²) in [5.74, 6) is 3.03. The molecule has 3 aromatic rings. The third kappa shape index (κ3) is 3.42. The fourth-order valence-corrected chi connectivity index (χ4v) is 2.97. The molecule has 2 aliphatic rings. The zero-order chi connectivity index (χ0) is 18.4. The van der Waals surface area contributed by atoms with Crippen molar-refractivity contribution in [2.45, 2.75) is 37.6 Å². The van der Waals surface area contributed by atoms with Crippen molar-refractivity contribution in [3.05, 3.63) is 53.0 Å². The predicted octanol–water partition coefficient (Wildman–Crippen LogP) is 3.12. The van der Waals surface area contributed by atoms with E-state index in [-0.39, 0.29) is 5.69 Å². The number of nitrogens with one attached hydrogen (secondary N) is 1. The van der Waals surface area contributed by atoms with Crippen LogP contribution < -0.4 is 15.7 Å². The molecule has 2 fully saturated rings. The summed E-state index contributed by atoms with van der Waals surface area (Å²) in [6.07, 6.45) is 10.1. The summed E-state index contributed by atoms with van der Waals surface area (Å²) >= 11 is 0. The van der Waals surface area contributed by atoms with Crippen molar-refractivity contribution in [2.75, 3.05) is 5.32 Å². The van der Waals surface area contributed by atoms with Crippen molar-refractivity contribution >= 4 is 11.6 Å². The van der Waals surface area contributed by atoms with Gasteiger partial charge in [-0.1, -0.05) is 0 Å². The fourth-order valence-electron chi connectivity index (χ4n) is 2.97. The minimum Gasteiger partial charge on any atom is -0.454 e. The Labute approximate surface area is 155 Å². The van der Waals surface area contributed by atoms with E-state index >= 15 is 0 Å². The van der Waals surface area contributed by atoms with Gasteiger partial charge in [-0.3, -0.25) is 4.68 Å². The van der Waals surface area contributed by atoms with Crippen LogP contribution in [-0.2, 0) is 7.05 Å². The Balaban J connectivity index is 1.38. The van der Waals surface area contributed by atoms with E-state index < -0.39 is 0 Å². The van der Waals surface area contributed by atoms with Gasteiger partial charge in [0, 0.05) is 31.4 Å². The first kappa shape index (κ1) is 16.0. The van der Waals surface area contributed by atoms with Gasteiger partial charge in [0.2, 0.25) is 0 Å². The second-order valence-corrected chi connectivity index (χ2v) is 7.17. The lowest BCUT2D eigenvalue weighted by Crippen LogP contribution is -2.19. The van der Waals surface area contributed by atoms with Crippen LogP contribution in [0.5, 0.6) is 11.5 Å². The van der Waals surface area contributed by atoms with Gasteiger partial charge < -0.3 is 14.6 Å². The average molecular weight is 364 g/mol. The van der Waals surface area contributed by atoms with Crippen molar-refractivity contribution in [3.63, 3.8) is 0 Å². The van der Waals surface area contributed by atoms with Crippen LogP contribution in [0, 0.1) is 0 Å². The average Bonchev–Trinajstić information content (AvgIpc) is 3.57. The van der Waals surface area contributed by atoms with E-state index in [0.29, 0.717) is 29.3 Å². The number of hydrogen-bond donors (Lipinski definition) is 1. The molecular weight excluding hydrogens is 344 g/mol. The first-order valence-electron chi connectivity index (χ1n) is 9.19. The van der Waals surface area contributed by atoms with Crippen molar-refractivity contribution in [2.24, 2.45) is 7.05 Å². The maximum absolute atomic E-state index is 11.7. The zero-order valence-corrected chi connectivity index (χ0v) is 15.0. The Bertz CT molecular complexity index is 1050. The van der Waals surface area contributed by atoms with E-state index in [2.05, 4.69) is 15.3 Å². The summed E-state index contributed by atoms with van der Waals surface area (Å²) in [6.45, 7) is 0. The number of aryl methyl sites for hydroxylation is 1. The van der Waals surface area contributed by atoms with E-state index in [1.807, 2.05) is 16.9 Å². The normalized spacial score (nSPS) is 16.3. The van der Waals surface area contributed by atoms with Gasteiger partial charge in [0.1, 0.15) is 23.1 Å². The molecule has 0 aliphatic heterocycles. The summed E-state index contributed by atoms with van der Waals surface area (Å²) in [5, 5.41) is 7.80. The first-order chi connectivity index (χ1) is 13.2. The number of aromatic nitrogens is 5. The fraction of sp³-hybridized carbons (Fsp3) is 0.368. The second-order valence-electron chi connectivity index (χ2n) is 7.17. The van der Waals surface area contributed by atoms with Gasteiger partial charge in [0.05, 0.1) is 12.2 Å². The van der Waals surface area contributed by atoms with E-state index in [1.54, 1.807) is 31.6 Å². The molecule has 0 aromatic carbocycles. The Morgan fingerprint density at radius 2 is 2.04 bits per heavy atom. The van der Waals surface area contributed by atoms with Crippen LogP contribution in [0.2, 0.25) is 0 Å². The summed E-state index contributed by atoms with van der Waals surface area (Å²) < 4.78 is 9.60. The topological polar surface area (TPSA) is 86.9 Å². The van der Waals surface area contributed by atoms with Crippen LogP contribution >= 0.6 is 0 Å². The molecule has 2 saturated carbocycles. The smallest absolute Gasteiger partial charge is 0.349 e. The standard InChI is InChI=1S/C19H20N6O2/c1-24-9-7-16(22-19(24)26)21-17-10-14(6-8-20-17)27-15-11-25(13-4-5-13)23-18(15)12-2-3-12/h6-13H,2-5H2,1H3,(H,20,21,22,26). The Kier molecular flexibility index (Phi) is 3.70. The number of nitrogens with zero attached hydrogens (tertiary/aromatic N) is 5. The summed E-state index contributed by atoms with van der Waals surface area (Å²) in [5.41, 5.74) is 0.732. The molecule has 0 bridgehead atoms. The number of ether oxygens (including phenoxy) is 1. The molecule has 27 heavy (non-hydrogen) atoms. The van der Waals surface area contributed by atoms with Gasteiger partial charge in [0.25, 0.3) is 0 Å². The third-order valence-corrected chi connectivity index (χ3v) is 4.80. The largest absolute Gasteiger partial charge is 0.454 e.